The summed E-state index contributed by atoms with van der Waals surface area (Å²) < 4.78 is 22.0. The smallest absolute Gasteiger partial charge is 0.238 e. The molecule has 1 aromatic rings. The normalized spacial score (nSPS) is 10.6. The van der Waals surface area contributed by atoms with E-state index in [1.54, 1.807) is 18.2 Å². The molecular formula is C8H14N2O2S. The number of benzene rings is 1. The van der Waals surface area contributed by atoms with Crippen LogP contribution in [0.25, 0.3) is 0 Å². The molecule has 1 rings (SSSR count). The van der Waals surface area contributed by atoms with Crippen LogP contribution in [-0.2, 0) is 16.4 Å². The first-order valence-corrected chi connectivity index (χ1v) is 5.21. The molecule has 0 amide bonds. The van der Waals surface area contributed by atoms with Crippen LogP contribution in [0.5, 0.6) is 0 Å². The molecule has 0 saturated heterocycles. The Bertz CT molecular complexity index is 373. The second-order valence-electron chi connectivity index (χ2n) is 2.51. The number of primary sulfonamides is 1. The highest BCUT2D eigenvalue weighted by atomic mass is 32.2. The molecule has 1 aromatic carbocycles. The molecule has 0 unspecified atom stereocenters. The van der Waals surface area contributed by atoms with Gasteiger partial charge in [0, 0.05) is 0 Å². The number of hydrogen-bond donors (Lipinski definition) is 2. The Balaban J connectivity index is 0.00000144. The second-order valence-corrected chi connectivity index (χ2v) is 4.04. The number of sulfonamides is 1. The highest BCUT2D eigenvalue weighted by Crippen LogP contribution is 2.13. The monoisotopic (exact) mass is 202 g/mol. The van der Waals surface area contributed by atoms with Gasteiger partial charge in [0.2, 0.25) is 10.0 Å². The van der Waals surface area contributed by atoms with Crippen LogP contribution >= 0.6 is 0 Å². The van der Waals surface area contributed by atoms with Crippen LogP contribution in [0.15, 0.2) is 29.2 Å². The molecule has 0 heterocycles. The molecule has 0 spiro atoms. The molecule has 0 atom stereocenters. The minimum absolute atomic E-state index is 0. The Kier molecular flexibility index (Phi) is 4.06. The van der Waals surface area contributed by atoms with Gasteiger partial charge >= 0.3 is 0 Å². The lowest BCUT2D eigenvalue weighted by atomic mass is 10.2. The maximum Gasteiger partial charge on any atom is 0.238 e. The average molecular weight is 202 g/mol. The van der Waals surface area contributed by atoms with Gasteiger partial charge < -0.3 is 6.15 Å². The summed E-state index contributed by atoms with van der Waals surface area (Å²) in [5, 5.41) is 5.01. The highest BCUT2D eigenvalue weighted by Gasteiger charge is 2.10. The summed E-state index contributed by atoms with van der Waals surface area (Å²) in [6, 6.07) is 6.75. The van der Waals surface area contributed by atoms with Crippen molar-refractivity contribution in [2.45, 2.75) is 18.2 Å². The molecule has 0 aliphatic heterocycles. The third-order valence-corrected chi connectivity index (χ3v) is 2.67. The molecule has 13 heavy (non-hydrogen) atoms. The number of aryl methyl sites for hydroxylation is 1. The Morgan fingerprint density at radius 3 is 2.23 bits per heavy atom. The molecule has 4 nitrogen and oxygen atoms in total. The van der Waals surface area contributed by atoms with E-state index >= 15 is 0 Å². The fraction of sp³-hybridized carbons (Fsp3) is 0.250. The summed E-state index contributed by atoms with van der Waals surface area (Å²) in [7, 11) is -3.55. The fourth-order valence-corrected chi connectivity index (χ4v) is 1.92. The van der Waals surface area contributed by atoms with Crippen molar-refractivity contribution in [1.82, 2.24) is 6.15 Å². The van der Waals surface area contributed by atoms with Crippen LogP contribution < -0.4 is 11.3 Å². The zero-order valence-electron chi connectivity index (χ0n) is 7.53. The maximum absolute atomic E-state index is 11.0. The molecule has 0 aliphatic carbocycles. The molecule has 5 N–H and O–H groups in total. The van der Waals surface area contributed by atoms with Gasteiger partial charge in [-0.2, -0.15) is 0 Å². The first-order chi connectivity index (χ1) is 5.55. The fourth-order valence-electron chi connectivity index (χ4n) is 1.07. The summed E-state index contributed by atoms with van der Waals surface area (Å²) in [5.74, 6) is 0. The van der Waals surface area contributed by atoms with E-state index in [1.807, 2.05) is 6.92 Å². The van der Waals surface area contributed by atoms with Crippen LogP contribution in [0, 0.1) is 0 Å². The van der Waals surface area contributed by atoms with Gasteiger partial charge in [-0.1, -0.05) is 25.1 Å². The average Bonchev–Trinajstić information content (AvgIpc) is 2.03. The van der Waals surface area contributed by atoms with Crippen molar-refractivity contribution in [3.63, 3.8) is 0 Å². The van der Waals surface area contributed by atoms with E-state index in [2.05, 4.69) is 0 Å². The minimum Gasteiger partial charge on any atom is -0.344 e. The molecule has 0 aliphatic rings. The lowest BCUT2D eigenvalue weighted by molar-refractivity contribution is 0.596. The van der Waals surface area contributed by atoms with E-state index in [0.29, 0.717) is 6.42 Å². The maximum atomic E-state index is 11.0. The van der Waals surface area contributed by atoms with Gasteiger partial charge in [0.15, 0.2) is 0 Å². The molecule has 5 heteroatoms. The predicted molar refractivity (Wildman–Crippen MR) is 52.2 cm³/mol. The molecule has 0 fully saturated rings. The van der Waals surface area contributed by atoms with Gasteiger partial charge in [-0.25, -0.2) is 13.6 Å². The third-order valence-electron chi connectivity index (χ3n) is 1.66. The van der Waals surface area contributed by atoms with Crippen LogP contribution in [-0.4, -0.2) is 8.42 Å². The van der Waals surface area contributed by atoms with E-state index in [-0.39, 0.29) is 11.0 Å². The summed E-state index contributed by atoms with van der Waals surface area (Å²) in [5.41, 5.74) is 0.764. The highest BCUT2D eigenvalue weighted by molar-refractivity contribution is 7.89. The SMILES string of the molecule is CCc1ccccc1S(N)(=O)=O.N. The number of nitrogens with two attached hydrogens (primary N) is 1. The predicted octanol–water partition coefficient (Wildman–Crippen LogP) is 1.06. The molecule has 0 radical (unpaired) electrons. The van der Waals surface area contributed by atoms with E-state index < -0.39 is 10.0 Å². The Morgan fingerprint density at radius 2 is 1.85 bits per heavy atom. The first kappa shape index (κ1) is 12.1. The first-order valence-electron chi connectivity index (χ1n) is 3.66. The summed E-state index contributed by atoms with van der Waals surface area (Å²) in [4.78, 5) is 0.229. The zero-order chi connectivity index (χ0) is 9.19. The van der Waals surface area contributed by atoms with Gasteiger partial charge in [0.1, 0.15) is 0 Å². The van der Waals surface area contributed by atoms with Crippen molar-refractivity contribution in [3.8, 4) is 0 Å². The van der Waals surface area contributed by atoms with E-state index in [9.17, 15) is 8.42 Å². The largest absolute Gasteiger partial charge is 0.344 e. The summed E-state index contributed by atoms with van der Waals surface area (Å²) >= 11 is 0. The van der Waals surface area contributed by atoms with Crippen molar-refractivity contribution < 1.29 is 8.42 Å². The van der Waals surface area contributed by atoms with Crippen molar-refractivity contribution in [1.29, 1.82) is 0 Å². The van der Waals surface area contributed by atoms with Crippen LogP contribution in [0.2, 0.25) is 0 Å². The van der Waals surface area contributed by atoms with Crippen molar-refractivity contribution >= 4 is 10.0 Å². The minimum atomic E-state index is -3.55. The Morgan fingerprint density at radius 1 is 1.31 bits per heavy atom. The lowest BCUT2D eigenvalue weighted by Gasteiger charge is -2.03. The van der Waals surface area contributed by atoms with Gasteiger partial charge in [-0.15, -0.1) is 0 Å². The van der Waals surface area contributed by atoms with Crippen LogP contribution in [0.4, 0.5) is 0 Å². The standard InChI is InChI=1S/C8H11NO2S.H3N/c1-2-7-5-3-4-6-8(7)12(9,10)11;/h3-6H,2H2,1H3,(H2,9,10,11);1H3. The van der Waals surface area contributed by atoms with E-state index in [0.717, 1.165) is 5.56 Å². The molecule has 0 saturated carbocycles. The lowest BCUT2D eigenvalue weighted by Crippen LogP contribution is -2.14. The summed E-state index contributed by atoms with van der Waals surface area (Å²) in [6.07, 6.45) is 0.673. The van der Waals surface area contributed by atoms with Gasteiger partial charge in [0.05, 0.1) is 4.90 Å². The van der Waals surface area contributed by atoms with Crippen LogP contribution in [0.1, 0.15) is 12.5 Å². The number of rotatable bonds is 2. The van der Waals surface area contributed by atoms with Gasteiger partial charge in [-0.05, 0) is 18.1 Å². The Labute approximate surface area is 78.4 Å². The molecule has 74 valence electrons. The van der Waals surface area contributed by atoms with Gasteiger partial charge in [-0.3, -0.25) is 0 Å². The van der Waals surface area contributed by atoms with Gasteiger partial charge in [0.25, 0.3) is 0 Å². The quantitative estimate of drug-likeness (QED) is 0.750. The topological polar surface area (TPSA) is 95.2 Å². The van der Waals surface area contributed by atoms with Crippen molar-refractivity contribution in [2.75, 3.05) is 0 Å². The molecule has 0 aromatic heterocycles. The van der Waals surface area contributed by atoms with Crippen molar-refractivity contribution in [2.24, 2.45) is 5.14 Å². The van der Waals surface area contributed by atoms with Crippen molar-refractivity contribution in [3.05, 3.63) is 29.8 Å². The molecular weight excluding hydrogens is 188 g/mol. The number of hydrogen-bond acceptors (Lipinski definition) is 3. The zero-order valence-corrected chi connectivity index (χ0v) is 8.34. The second kappa shape index (κ2) is 4.36. The van der Waals surface area contributed by atoms with E-state index in [4.69, 9.17) is 5.14 Å². The summed E-state index contributed by atoms with van der Waals surface area (Å²) in [6.45, 7) is 1.89. The van der Waals surface area contributed by atoms with E-state index in [1.165, 1.54) is 6.07 Å². The molecule has 0 bridgehead atoms. The Hall–Kier alpha value is -0.910. The van der Waals surface area contributed by atoms with Crippen LogP contribution in [0.3, 0.4) is 0 Å². The third kappa shape index (κ3) is 2.80.